The molecule has 2 N–H and O–H groups in total. The Morgan fingerprint density at radius 3 is 2.30 bits per heavy atom. The summed E-state index contributed by atoms with van der Waals surface area (Å²) in [5.74, 6) is -2.37. The van der Waals surface area contributed by atoms with Gasteiger partial charge in [0.25, 0.3) is 11.8 Å². The molecule has 0 spiro atoms. The summed E-state index contributed by atoms with van der Waals surface area (Å²) in [5.41, 5.74) is 0.908. The zero-order valence-corrected chi connectivity index (χ0v) is 22.6. The van der Waals surface area contributed by atoms with E-state index >= 15 is 0 Å². The average Bonchev–Trinajstić information content (AvgIpc) is 3.20. The number of imide groups is 2. The van der Waals surface area contributed by atoms with Crippen molar-refractivity contribution in [1.82, 2.24) is 10.2 Å². The van der Waals surface area contributed by atoms with Crippen LogP contribution in [0.3, 0.4) is 0 Å². The van der Waals surface area contributed by atoms with Crippen molar-refractivity contribution in [2.24, 2.45) is 0 Å². The molecule has 218 valence electrons. The number of amides is 4. The van der Waals surface area contributed by atoms with Crippen molar-refractivity contribution in [3.05, 3.63) is 29.3 Å². The number of nitrogens with one attached hydrogen (secondary N) is 2. The lowest BCUT2D eigenvalue weighted by atomic mass is 9.98. The molecule has 4 rings (SSSR count). The Morgan fingerprint density at radius 1 is 0.875 bits per heavy atom. The van der Waals surface area contributed by atoms with Crippen molar-refractivity contribution < 1.29 is 42.9 Å². The fourth-order valence-electron chi connectivity index (χ4n) is 5.05. The van der Waals surface area contributed by atoms with Gasteiger partial charge in [-0.05, 0) is 44.2 Å². The number of carbonyl (C=O) groups excluding carboxylic acids is 5. The number of fused-ring (bicyclic) bond motifs is 1. The van der Waals surface area contributed by atoms with Crippen LogP contribution in [0.2, 0.25) is 0 Å². The van der Waals surface area contributed by atoms with Gasteiger partial charge in [0.1, 0.15) is 12.1 Å². The minimum atomic E-state index is -1.01. The molecule has 12 nitrogen and oxygen atoms in total. The highest BCUT2D eigenvalue weighted by Gasteiger charge is 2.45. The summed E-state index contributed by atoms with van der Waals surface area (Å²) < 4.78 is 21.9. The van der Waals surface area contributed by atoms with E-state index in [-0.39, 0.29) is 42.5 Å². The number of hydrogen-bond acceptors (Lipinski definition) is 10. The van der Waals surface area contributed by atoms with Crippen LogP contribution in [-0.4, -0.2) is 92.8 Å². The summed E-state index contributed by atoms with van der Waals surface area (Å²) in [7, 11) is 0. The van der Waals surface area contributed by atoms with E-state index in [1.807, 2.05) is 0 Å². The van der Waals surface area contributed by atoms with Crippen LogP contribution in [-0.2, 0) is 33.3 Å². The maximum atomic E-state index is 13.1. The normalized spacial score (nSPS) is 19.5. The number of hydrogen-bond donors (Lipinski definition) is 2. The molecule has 2 fully saturated rings. The quantitative estimate of drug-likeness (QED) is 0.185. The molecular formula is C28H37N3O9. The highest BCUT2D eigenvalue weighted by Crippen LogP contribution is 2.32. The minimum Gasteiger partial charge on any atom is -0.462 e. The van der Waals surface area contributed by atoms with Gasteiger partial charge in [0.05, 0.1) is 57.2 Å². The Kier molecular flexibility index (Phi) is 11.0. The van der Waals surface area contributed by atoms with Crippen molar-refractivity contribution in [2.45, 2.75) is 63.5 Å². The summed E-state index contributed by atoms with van der Waals surface area (Å²) in [6.45, 7) is 2.53. The molecule has 40 heavy (non-hydrogen) atoms. The second kappa shape index (κ2) is 14.9. The smallest absolute Gasteiger partial charge is 0.308 e. The van der Waals surface area contributed by atoms with Crippen molar-refractivity contribution >= 4 is 35.3 Å². The molecule has 12 heteroatoms. The first kappa shape index (κ1) is 29.6. The van der Waals surface area contributed by atoms with Crippen LogP contribution in [0.25, 0.3) is 0 Å². The number of carbonyl (C=O) groups is 5. The topological polar surface area (TPSA) is 150 Å². The van der Waals surface area contributed by atoms with E-state index in [1.165, 1.54) is 6.42 Å². The lowest BCUT2D eigenvalue weighted by molar-refractivity contribution is -0.151. The summed E-state index contributed by atoms with van der Waals surface area (Å²) in [6.07, 6.45) is 5.86. The van der Waals surface area contributed by atoms with Gasteiger partial charge in [-0.25, -0.2) is 0 Å². The largest absolute Gasteiger partial charge is 0.462 e. The summed E-state index contributed by atoms with van der Waals surface area (Å²) >= 11 is 0. The van der Waals surface area contributed by atoms with Gasteiger partial charge >= 0.3 is 5.97 Å². The van der Waals surface area contributed by atoms with Crippen LogP contribution in [0.15, 0.2) is 18.2 Å². The fraction of sp³-hybridized carbons (Fsp3) is 0.607. The van der Waals surface area contributed by atoms with Gasteiger partial charge in [-0.15, -0.1) is 0 Å². The van der Waals surface area contributed by atoms with Crippen LogP contribution in [0.5, 0.6) is 0 Å². The zero-order valence-electron chi connectivity index (χ0n) is 22.6. The van der Waals surface area contributed by atoms with Gasteiger partial charge in [0, 0.05) is 18.7 Å². The average molecular weight is 560 g/mol. The number of ether oxygens (including phenoxy) is 4. The van der Waals surface area contributed by atoms with Gasteiger partial charge in [0.15, 0.2) is 0 Å². The van der Waals surface area contributed by atoms with E-state index in [0.717, 1.165) is 30.6 Å². The van der Waals surface area contributed by atoms with Crippen molar-refractivity contribution in [3.63, 3.8) is 0 Å². The molecule has 1 atom stereocenters. The Balaban J connectivity index is 1.06. The number of esters is 1. The van der Waals surface area contributed by atoms with Crippen molar-refractivity contribution in [3.8, 4) is 0 Å². The van der Waals surface area contributed by atoms with Gasteiger partial charge in [-0.1, -0.05) is 12.5 Å². The first-order valence-corrected chi connectivity index (χ1v) is 14.0. The first-order valence-electron chi connectivity index (χ1n) is 14.0. The predicted molar refractivity (Wildman–Crippen MR) is 142 cm³/mol. The summed E-state index contributed by atoms with van der Waals surface area (Å²) in [6, 6.07) is 3.90. The van der Waals surface area contributed by atoms with E-state index < -0.39 is 29.7 Å². The van der Waals surface area contributed by atoms with E-state index in [1.54, 1.807) is 18.2 Å². The summed E-state index contributed by atoms with van der Waals surface area (Å²) in [5, 5.41) is 5.31. The van der Waals surface area contributed by atoms with Crippen LogP contribution >= 0.6 is 0 Å². The highest BCUT2D eigenvalue weighted by atomic mass is 16.6. The number of rotatable bonds is 15. The molecule has 1 aliphatic carbocycles. The SMILES string of the molecule is O=C1CCC(N2C(=O)c3cccc(NCCOCCOCCOCCC(=O)OC4CCCCC4)c3C2=O)C(=O)N1. The molecule has 1 unspecified atom stereocenters. The number of nitrogens with zero attached hydrogens (tertiary/aromatic N) is 1. The molecule has 1 saturated heterocycles. The molecule has 0 aromatic heterocycles. The number of benzene rings is 1. The van der Waals surface area contributed by atoms with E-state index in [2.05, 4.69) is 10.6 Å². The van der Waals surface area contributed by atoms with E-state index in [4.69, 9.17) is 18.9 Å². The third-order valence-electron chi connectivity index (χ3n) is 7.07. The zero-order chi connectivity index (χ0) is 28.3. The Hall–Kier alpha value is -3.35. The third kappa shape index (κ3) is 7.86. The van der Waals surface area contributed by atoms with Gasteiger partial charge in [-0.2, -0.15) is 0 Å². The monoisotopic (exact) mass is 559 g/mol. The van der Waals surface area contributed by atoms with E-state index in [0.29, 0.717) is 51.9 Å². The van der Waals surface area contributed by atoms with Gasteiger partial charge in [-0.3, -0.25) is 34.2 Å². The molecule has 2 aliphatic heterocycles. The highest BCUT2D eigenvalue weighted by molar-refractivity contribution is 6.25. The third-order valence-corrected chi connectivity index (χ3v) is 7.07. The molecule has 3 aliphatic rings. The lowest BCUT2D eigenvalue weighted by Crippen LogP contribution is -2.54. The van der Waals surface area contributed by atoms with Crippen LogP contribution < -0.4 is 10.6 Å². The first-order chi connectivity index (χ1) is 19.5. The number of piperidine rings is 1. The van der Waals surface area contributed by atoms with Crippen LogP contribution in [0.4, 0.5) is 5.69 Å². The standard InChI is InChI=1S/C28H37N3O9/c32-23-10-9-22(26(34)30-23)31-27(35)20-7-4-8-21(25(20)28(31)36)29-12-14-38-16-18-39-17-15-37-13-11-24(33)40-19-5-2-1-3-6-19/h4,7-8,19,22,29H,1-3,5-6,9-18H2,(H,30,32,34). The minimum absolute atomic E-state index is 0.0651. The second-order valence-electron chi connectivity index (χ2n) is 9.94. The molecule has 1 saturated carbocycles. The van der Waals surface area contributed by atoms with Crippen LogP contribution in [0, 0.1) is 0 Å². The van der Waals surface area contributed by atoms with Crippen LogP contribution in [0.1, 0.15) is 72.1 Å². The Bertz CT molecular complexity index is 1090. The number of anilines is 1. The molecule has 1 aromatic carbocycles. The Labute approximate surface area is 233 Å². The van der Waals surface area contributed by atoms with Crippen molar-refractivity contribution in [2.75, 3.05) is 51.5 Å². The second-order valence-corrected chi connectivity index (χ2v) is 9.94. The molecule has 4 amide bonds. The maximum absolute atomic E-state index is 13.1. The van der Waals surface area contributed by atoms with Gasteiger partial charge < -0.3 is 24.3 Å². The maximum Gasteiger partial charge on any atom is 0.308 e. The molecule has 0 bridgehead atoms. The molecule has 2 heterocycles. The molecule has 1 aromatic rings. The molecule has 0 radical (unpaired) electrons. The lowest BCUT2D eigenvalue weighted by Gasteiger charge is -2.27. The predicted octanol–water partition coefficient (Wildman–Crippen LogP) is 1.82. The summed E-state index contributed by atoms with van der Waals surface area (Å²) in [4.78, 5) is 62.5. The molecular weight excluding hydrogens is 522 g/mol. The fourth-order valence-corrected chi connectivity index (χ4v) is 5.05. The van der Waals surface area contributed by atoms with Gasteiger partial charge in [0.2, 0.25) is 11.8 Å². The Morgan fingerprint density at radius 2 is 1.57 bits per heavy atom. The van der Waals surface area contributed by atoms with Crippen molar-refractivity contribution in [1.29, 1.82) is 0 Å². The van der Waals surface area contributed by atoms with E-state index in [9.17, 15) is 24.0 Å².